The molecule has 3 N–H and O–H groups in total. The zero-order valence-corrected chi connectivity index (χ0v) is 22.7. The number of imide groups is 1. The van der Waals surface area contributed by atoms with E-state index < -0.39 is 31.5 Å². The molecule has 1 aliphatic rings. The quantitative estimate of drug-likeness (QED) is 0.378. The van der Waals surface area contributed by atoms with Gasteiger partial charge in [-0.2, -0.15) is 0 Å². The lowest BCUT2D eigenvalue weighted by molar-refractivity contribution is -0.144. The SMILES string of the molecule is CC=C[P+](C)(CC(C)C)NC(=O)CNC(=O)N(C[C@@H](O)CC)C(=O)[C@@H]1CCCN1C(=O)C(C)C. The molecule has 5 amide bonds. The van der Waals surface area contributed by atoms with E-state index in [1.807, 2.05) is 25.5 Å². The van der Waals surface area contributed by atoms with Crippen LogP contribution in [0.2, 0.25) is 0 Å². The number of hydrogen-bond donors (Lipinski definition) is 3. The number of allylic oxidation sites excluding steroid dienone is 1. The summed E-state index contributed by atoms with van der Waals surface area (Å²) in [6.07, 6.45) is 3.36. The average Bonchev–Trinajstić information content (AvgIpc) is 3.23. The van der Waals surface area contributed by atoms with Crippen LogP contribution in [0.4, 0.5) is 4.79 Å². The first-order valence-corrected chi connectivity index (χ1v) is 14.7. The van der Waals surface area contributed by atoms with Crippen LogP contribution in [0.15, 0.2) is 11.9 Å². The highest BCUT2D eigenvalue weighted by Gasteiger charge is 2.40. The van der Waals surface area contributed by atoms with Crippen LogP contribution in [0, 0.1) is 11.8 Å². The molecule has 0 aromatic rings. The molecule has 194 valence electrons. The number of nitrogens with one attached hydrogen (secondary N) is 2. The maximum Gasteiger partial charge on any atom is 0.324 e. The molecule has 1 heterocycles. The van der Waals surface area contributed by atoms with Crippen LogP contribution in [0.3, 0.4) is 0 Å². The normalized spacial score (nSPS) is 18.8. The van der Waals surface area contributed by atoms with Crippen molar-refractivity contribution in [2.75, 3.05) is 32.5 Å². The van der Waals surface area contributed by atoms with Crippen LogP contribution in [-0.2, 0) is 14.4 Å². The van der Waals surface area contributed by atoms with Gasteiger partial charge in [-0.25, -0.2) is 9.88 Å². The molecule has 1 aliphatic heterocycles. The number of rotatable bonds is 11. The number of aliphatic hydroxyl groups excluding tert-OH is 1. The van der Waals surface area contributed by atoms with Crippen LogP contribution in [0.1, 0.15) is 60.8 Å². The topological polar surface area (TPSA) is 119 Å². The molecule has 0 aromatic carbocycles. The molecule has 1 rings (SSSR count). The summed E-state index contributed by atoms with van der Waals surface area (Å²) >= 11 is 0. The third-order valence-electron chi connectivity index (χ3n) is 5.69. The molecule has 9 nitrogen and oxygen atoms in total. The number of nitrogens with zero attached hydrogens (tertiary/aromatic N) is 2. The van der Waals surface area contributed by atoms with Crippen molar-refractivity contribution < 1.29 is 24.3 Å². The fraction of sp³-hybridized carbons (Fsp3) is 0.750. The van der Waals surface area contributed by atoms with Crippen LogP contribution in [0.25, 0.3) is 0 Å². The lowest BCUT2D eigenvalue weighted by Gasteiger charge is -2.31. The third kappa shape index (κ3) is 8.99. The number of likely N-dealkylation sites (tertiary alicyclic amines) is 1. The van der Waals surface area contributed by atoms with Crippen molar-refractivity contribution >= 4 is 31.2 Å². The fourth-order valence-corrected chi connectivity index (χ4v) is 7.33. The molecule has 1 fully saturated rings. The van der Waals surface area contributed by atoms with E-state index in [4.69, 9.17) is 0 Å². The summed E-state index contributed by atoms with van der Waals surface area (Å²) in [5, 5.41) is 15.8. The molecule has 1 unspecified atom stereocenters. The van der Waals surface area contributed by atoms with E-state index >= 15 is 0 Å². The lowest BCUT2D eigenvalue weighted by Crippen LogP contribution is -2.55. The minimum atomic E-state index is -1.85. The molecule has 0 radical (unpaired) electrons. The Morgan fingerprint density at radius 2 is 1.85 bits per heavy atom. The molecule has 0 spiro atoms. The van der Waals surface area contributed by atoms with Gasteiger partial charge in [-0.15, -0.1) is 0 Å². The molecular weight excluding hydrogens is 455 g/mol. The highest BCUT2D eigenvalue weighted by molar-refractivity contribution is 7.76. The Balaban J connectivity index is 2.93. The lowest BCUT2D eigenvalue weighted by atomic mass is 10.1. The maximum absolute atomic E-state index is 13.3. The predicted octanol–water partition coefficient (Wildman–Crippen LogP) is 2.81. The van der Waals surface area contributed by atoms with Gasteiger partial charge in [0.25, 0.3) is 11.8 Å². The Morgan fingerprint density at radius 1 is 1.21 bits per heavy atom. The number of aliphatic hydroxyl groups is 1. The molecule has 0 aromatic heterocycles. The Bertz CT molecular complexity index is 758. The van der Waals surface area contributed by atoms with Gasteiger partial charge in [-0.1, -0.05) is 40.7 Å². The Morgan fingerprint density at radius 3 is 2.38 bits per heavy atom. The zero-order valence-electron chi connectivity index (χ0n) is 21.8. The van der Waals surface area contributed by atoms with Crippen molar-refractivity contribution in [3.05, 3.63) is 11.9 Å². The highest BCUT2D eigenvalue weighted by atomic mass is 31.2. The van der Waals surface area contributed by atoms with Gasteiger partial charge in [0.2, 0.25) is 5.91 Å². The second kappa shape index (κ2) is 13.8. The summed E-state index contributed by atoms with van der Waals surface area (Å²) in [7, 11) is -1.85. The minimum absolute atomic E-state index is 0.135. The first-order chi connectivity index (χ1) is 15.8. The third-order valence-corrected chi connectivity index (χ3v) is 8.90. The van der Waals surface area contributed by atoms with E-state index in [0.29, 0.717) is 31.7 Å². The summed E-state index contributed by atoms with van der Waals surface area (Å²) in [5.41, 5.74) is 0. The molecule has 0 aliphatic carbocycles. The summed E-state index contributed by atoms with van der Waals surface area (Å²) in [6, 6.07) is -1.49. The van der Waals surface area contributed by atoms with Gasteiger partial charge >= 0.3 is 6.03 Å². The van der Waals surface area contributed by atoms with Crippen LogP contribution >= 0.6 is 7.41 Å². The zero-order chi connectivity index (χ0) is 26.1. The Labute approximate surface area is 205 Å². The largest absolute Gasteiger partial charge is 0.391 e. The Hall–Kier alpha value is -1.99. The molecule has 0 bridgehead atoms. The van der Waals surface area contributed by atoms with E-state index in [9.17, 15) is 24.3 Å². The summed E-state index contributed by atoms with van der Waals surface area (Å²) < 4.78 is 0. The van der Waals surface area contributed by atoms with Gasteiger partial charge < -0.3 is 15.3 Å². The number of carbonyl (C=O) groups excluding carboxylic acids is 4. The molecule has 3 atom stereocenters. The van der Waals surface area contributed by atoms with Gasteiger partial charge in [-0.05, 0) is 32.1 Å². The molecule has 10 heteroatoms. The van der Waals surface area contributed by atoms with Gasteiger partial charge in [0.1, 0.15) is 20.0 Å². The summed E-state index contributed by atoms with van der Waals surface area (Å²) in [6.45, 7) is 13.4. The van der Waals surface area contributed by atoms with Crippen LogP contribution in [0.5, 0.6) is 0 Å². The van der Waals surface area contributed by atoms with Crippen molar-refractivity contribution in [2.45, 2.75) is 73.0 Å². The van der Waals surface area contributed by atoms with Gasteiger partial charge in [0.15, 0.2) is 0 Å². The summed E-state index contributed by atoms with van der Waals surface area (Å²) in [4.78, 5) is 53.9. The molecule has 1 saturated heterocycles. The Kier molecular flexibility index (Phi) is 12.2. The van der Waals surface area contributed by atoms with Gasteiger partial charge in [-0.3, -0.25) is 19.3 Å². The van der Waals surface area contributed by atoms with Crippen molar-refractivity contribution in [1.82, 2.24) is 20.2 Å². The van der Waals surface area contributed by atoms with Crippen molar-refractivity contribution in [3.63, 3.8) is 0 Å². The number of urea groups is 1. The van der Waals surface area contributed by atoms with Gasteiger partial charge in [0.05, 0.1) is 31.3 Å². The number of hydrogen-bond acceptors (Lipinski definition) is 5. The second-order valence-electron chi connectivity index (χ2n) is 9.88. The second-order valence-corrected chi connectivity index (χ2v) is 13.3. The smallest absolute Gasteiger partial charge is 0.324 e. The molecule has 0 saturated carbocycles. The van der Waals surface area contributed by atoms with Crippen molar-refractivity contribution in [3.8, 4) is 0 Å². The molecule has 34 heavy (non-hydrogen) atoms. The van der Waals surface area contributed by atoms with Gasteiger partial charge in [0, 0.05) is 12.5 Å². The fourth-order valence-electron chi connectivity index (χ4n) is 4.22. The predicted molar refractivity (Wildman–Crippen MR) is 136 cm³/mol. The average molecular weight is 500 g/mol. The van der Waals surface area contributed by atoms with E-state index in [0.717, 1.165) is 11.1 Å². The molecular formula is C24H44N4O5P+. The number of carbonyl (C=O) groups is 4. The summed E-state index contributed by atoms with van der Waals surface area (Å²) in [5.74, 6) is 1.17. The highest BCUT2D eigenvalue weighted by Crippen LogP contribution is 2.53. The van der Waals surface area contributed by atoms with Crippen molar-refractivity contribution in [2.24, 2.45) is 11.8 Å². The maximum atomic E-state index is 13.3. The van der Waals surface area contributed by atoms with E-state index in [-0.39, 0.29) is 30.8 Å². The first kappa shape index (κ1) is 30.0. The van der Waals surface area contributed by atoms with Crippen LogP contribution in [-0.4, -0.2) is 83.3 Å². The van der Waals surface area contributed by atoms with E-state index in [1.54, 1.807) is 20.8 Å². The standard InChI is InChI=1S/C24H43N4O5P/c1-8-13-34(7,16-17(3)4)26-21(30)14-25-24(33)28(15-19(29)9-2)23(32)20-11-10-12-27(20)22(31)18(5)6/h8,13,17-20,29H,9-12,14-16H2,1-7H3,(H-,25,26,30,33)/p+1/t19-,20-,34?/m0/s1. The monoisotopic (exact) mass is 499 g/mol. The minimum Gasteiger partial charge on any atom is -0.391 e. The van der Waals surface area contributed by atoms with E-state index in [2.05, 4.69) is 24.3 Å². The first-order valence-electron chi connectivity index (χ1n) is 12.2. The number of amides is 5. The van der Waals surface area contributed by atoms with Crippen LogP contribution < -0.4 is 10.4 Å². The van der Waals surface area contributed by atoms with E-state index in [1.165, 1.54) is 4.90 Å². The van der Waals surface area contributed by atoms with Crippen molar-refractivity contribution in [1.29, 1.82) is 0 Å².